The predicted molar refractivity (Wildman–Crippen MR) is 125 cm³/mol. The van der Waals surface area contributed by atoms with Crippen LogP contribution in [0.15, 0.2) is 60.0 Å². The van der Waals surface area contributed by atoms with E-state index in [-0.39, 0.29) is 17.8 Å². The standard InChI is InChI=1S/C25H28FN3O2S/c1-18(20-9-3-2-4-10-20)29-32(30,31)15-14-24-23-13-6-5-11-21(25(23)28-27-24)16-19-8-7-12-22(26)17-19/h2-4,7-10,12,14-15,17-18,21,29H,5-6,11,13,16H2,1H3,(H,27,28)/t18-,21+/m0/s1. The Balaban J connectivity index is 1.51. The Morgan fingerprint density at radius 3 is 2.78 bits per heavy atom. The summed E-state index contributed by atoms with van der Waals surface area (Å²) in [6.45, 7) is 1.82. The number of fused-ring (bicyclic) bond motifs is 1. The number of halogens is 1. The maximum atomic E-state index is 13.6. The number of nitrogens with one attached hydrogen (secondary N) is 2. The highest BCUT2D eigenvalue weighted by Crippen LogP contribution is 2.33. The third-order valence-electron chi connectivity index (χ3n) is 5.99. The molecule has 0 amide bonds. The molecule has 32 heavy (non-hydrogen) atoms. The molecule has 0 spiro atoms. The topological polar surface area (TPSA) is 74.8 Å². The Morgan fingerprint density at radius 2 is 2.00 bits per heavy atom. The van der Waals surface area contributed by atoms with Gasteiger partial charge in [-0.05, 0) is 61.9 Å². The third kappa shape index (κ3) is 5.53. The zero-order valence-electron chi connectivity index (χ0n) is 18.1. The summed E-state index contributed by atoms with van der Waals surface area (Å²) in [5.74, 6) is -0.0243. The number of benzene rings is 2. The van der Waals surface area contributed by atoms with Crippen LogP contribution in [0, 0.1) is 5.82 Å². The lowest BCUT2D eigenvalue weighted by atomic mass is 9.91. The largest absolute Gasteiger partial charge is 0.281 e. The van der Waals surface area contributed by atoms with E-state index in [2.05, 4.69) is 14.9 Å². The number of rotatable bonds is 7. The Hall–Kier alpha value is -2.77. The molecule has 2 aromatic carbocycles. The SMILES string of the molecule is C[C@H](NS(=O)(=O)C=Cc1n[nH]c2c1CCCC[C@@H]2Cc1cccc(F)c1)c1ccccc1. The quantitative estimate of drug-likeness (QED) is 0.480. The van der Waals surface area contributed by atoms with Crippen LogP contribution in [-0.4, -0.2) is 18.6 Å². The van der Waals surface area contributed by atoms with Crippen molar-refractivity contribution in [1.82, 2.24) is 14.9 Å². The molecule has 1 aliphatic carbocycles. The molecule has 2 N–H and O–H groups in total. The monoisotopic (exact) mass is 453 g/mol. The van der Waals surface area contributed by atoms with Gasteiger partial charge in [-0.3, -0.25) is 5.10 Å². The van der Waals surface area contributed by atoms with Crippen LogP contribution in [0.5, 0.6) is 0 Å². The number of aromatic amines is 1. The molecule has 0 saturated carbocycles. The summed E-state index contributed by atoms with van der Waals surface area (Å²) >= 11 is 0. The number of H-pyrrole nitrogens is 1. The van der Waals surface area contributed by atoms with Crippen LogP contribution in [-0.2, 0) is 22.9 Å². The van der Waals surface area contributed by atoms with Gasteiger partial charge in [-0.25, -0.2) is 17.5 Å². The highest BCUT2D eigenvalue weighted by Gasteiger charge is 2.24. The van der Waals surface area contributed by atoms with E-state index in [0.29, 0.717) is 5.69 Å². The molecule has 5 nitrogen and oxygen atoms in total. The fraction of sp³-hybridized carbons (Fsp3) is 0.320. The Labute approximate surface area is 188 Å². The highest BCUT2D eigenvalue weighted by molar-refractivity contribution is 7.92. The zero-order chi connectivity index (χ0) is 22.6. The smallest absolute Gasteiger partial charge is 0.234 e. The zero-order valence-corrected chi connectivity index (χ0v) is 18.9. The number of hydrogen-bond acceptors (Lipinski definition) is 3. The van der Waals surface area contributed by atoms with E-state index < -0.39 is 10.0 Å². The minimum atomic E-state index is -3.63. The summed E-state index contributed by atoms with van der Waals surface area (Å²) in [6, 6.07) is 15.8. The van der Waals surface area contributed by atoms with E-state index in [1.54, 1.807) is 18.2 Å². The van der Waals surface area contributed by atoms with Crippen molar-refractivity contribution in [1.29, 1.82) is 0 Å². The second kappa shape index (κ2) is 9.79. The van der Waals surface area contributed by atoms with Gasteiger partial charge in [0.15, 0.2) is 0 Å². The molecule has 7 heteroatoms. The van der Waals surface area contributed by atoms with Gasteiger partial charge in [-0.15, -0.1) is 0 Å². The highest BCUT2D eigenvalue weighted by atomic mass is 32.2. The van der Waals surface area contributed by atoms with E-state index in [0.717, 1.165) is 54.5 Å². The molecule has 0 saturated heterocycles. The van der Waals surface area contributed by atoms with Crippen molar-refractivity contribution in [2.45, 2.75) is 51.0 Å². The first-order valence-corrected chi connectivity index (χ1v) is 12.5. The minimum absolute atomic E-state index is 0.205. The van der Waals surface area contributed by atoms with Crippen LogP contribution in [0.4, 0.5) is 4.39 Å². The van der Waals surface area contributed by atoms with Crippen molar-refractivity contribution in [3.8, 4) is 0 Å². The molecule has 2 atom stereocenters. The third-order valence-corrected chi connectivity index (χ3v) is 7.16. The molecule has 0 aliphatic heterocycles. The first kappa shape index (κ1) is 22.4. The summed E-state index contributed by atoms with van der Waals surface area (Å²) < 4.78 is 41.5. The lowest BCUT2D eigenvalue weighted by Gasteiger charge is -2.14. The number of sulfonamides is 1. The minimum Gasteiger partial charge on any atom is -0.281 e. The van der Waals surface area contributed by atoms with E-state index in [9.17, 15) is 12.8 Å². The molecule has 0 fully saturated rings. The van der Waals surface area contributed by atoms with Crippen molar-refractivity contribution in [2.24, 2.45) is 0 Å². The lowest BCUT2D eigenvalue weighted by Crippen LogP contribution is -2.24. The van der Waals surface area contributed by atoms with Gasteiger partial charge in [0, 0.05) is 28.6 Å². The van der Waals surface area contributed by atoms with Crippen molar-refractivity contribution >= 4 is 16.1 Å². The fourth-order valence-electron chi connectivity index (χ4n) is 4.37. The summed E-state index contributed by atoms with van der Waals surface area (Å²) in [5.41, 5.74) is 4.61. The van der Waals surface area contributed by atoms with Crippen LogP contribution < -0.4 is 4.72 Å². The van der Waals surface area contributed by atoms with E-state index >= 15 is 0 Å². The normalized spacial score (nSPS) is 17.8. The number of aromatic nitrogens is 2. The second-order valence-corrected chi connectivity index (χ2v) is 9.97. The van der Waals surface area contributed by atoms with Crippen molar-refractivity contribution < 1.29 is 12.8 Å². The first-order valence-electron chi connectivity index (χ1n) is 11.0. The van der Waals surface area contributed by atoms with Gasteiger partial charge in [-0.1, -0.05) is 48.9 Å². The van der Waals surface area contributed by atoms with E-state index in [1.807, 2.05) is 43.3 Å². The average molecular weight is 454 g/mol. The van der Waals surface area contributed by atoms with Gasteiger partial charge in [0.2, 0.25) is 10.0 Å². The Bertz CT molecular complexity index is 1190. The number of nitrogens with zero attached hydrogens (tertiary/aromatic N) is 1. The molecule has 168 valence electrons. The van der Waals surface area contributed by atoms with Gasteiger partial charge in [-0.2, -0.15) is 5.10 Å². The Kier molecular flexibility index (Phi) is 6.86. The Morgan fingerprint density at radius 1 is 1.19 bits per heavy atom. The first-order chi connectivity index (χ1) is 15.4. The second-order valence-electron chi connectivity index (χ2n) is 8.38. The maximum Gasteiger partial charge on any atom is 0.234 e. The predicted octanol–water partition coefficient (Wildman–Crippen LogP) is 5.25. The number of hydrogen-bond donors (Lipinski definition) is 2. The van der Waals surface area contributed by atoms with Gasteiger partial charge < -0.3 is 0 Å². The molecule has 4 rings (SSSR count). The van der Waals surface area contributed by atoms with Crippen LogP contribution >= 0.6 is 0 Å². The van der Waals surface area contributed by atoms with Gasteiger partial charge in [0.05, 0.1) is 5.69 Å². The summed E-state index contributed by atoms with van der Waals surface area (Å²) in [6.07, 6.45) is 6.22. The van der Waals surface area contributed by atoms with Crippen LogP contribution in [0.25, 0.3) is 6.08 Å². The molecule has 1 aromatic heterocycles. The summed E-state index contributed by atoms with van der Waals surface area (Å²) in [5, 5.41) is 8.74. The molecule has 0 unspecified atom stereocenters. The average Bonchev–Trinajstić information content (AvgIpc) is 3.07. The van der Waals surface area contributed by atoms with E-state index in [1.165, 1.54) is 11.5 Å². The van der Waals surface area contributed by atoms with Crippen molar-refractivity contribution in [3.63, 3.8) is 0 Å². The van der Waals surface area contributed by atoms with Crippen molar-refractivity contribution in [3.05, 3.63) is 93.9 Å². The van der Waals surface area contributed by atoms with Gasteiger partial charge in [0.25, 0.3) is 0 Å². The summed E-state index contributed by atoms with van der Waals surface area (Å²) in [7, 11) is -3.63. The molecule has 0 radical (unpaired) electrons. The van der Waals surface area contributed by atoms with Crippen LogP contribution in [0.2, 0.25) is 0 Å². The fourth-order valence-corrected chi connectivity index (χ4v) is 5.39. The van der Waals surface area contributed by atoms with Crippen LogP contribution in [0.3, 0.4) is 0 Å². The van der Waals surface area contributed by atoms with Gasteiger partial charge >= 0.3 is 0 Å². The molecule has 1 aliphatic rings. The molecule has 3 aromatic rings. The van der Waals surface area contributed by atoms with E-state index in [4.69, 9.17) is 0 Å². The maximum absolute atomic E-state index is 13.6. The summed E-state index contributed by atoms with van der Waals surface area (Å²) in [4.78, 5) is 0. The van der Waals surface area contributed by atoms with Crippen molar-refractivity contribution in [2.75, 3.05) is 0 Å². The van der Waals surface area contributed by atoms with Crippen LogP contribution in [0.1, 0.15) is 66.2 Å². The molecule has 1 heterocycles. The van der Waals surface area contributed by atoms with Gasteiger partial charge in [0.1, 0.15) is 5.82 Å². The lowest BCUT2D eigenvalue weighted by molar-refractivity contribution is 0.573. The molecular formula is C25H28FN3O2S. The molecular weight excluding hydrogens is 425 g/mol. The molecule has 0 bridgehead atoms.